The number of sulfonamides is 1. The molecule has 0 atom stereocenters. The number of halogens is 1. The lowest BCUT2D eigenvalue weighted by Crippen LogP contribution is -2.19. The third-order valence-electron chi connectivity index (χ3n) is 2.66. The Morgan fingerprint density at radius 3 is 2.62 bits per heavy atom. The van der Waals surface area contributed by atoms with Gasteiger partial charge in [-0.2, -0.15) is 0 Å². The Morgan fingerprint density at radius 1 is 1.43 bits per heavy atom. The molecule has 4 N–H and O–H groups in total. The number of aromatic amines is 1. The number of nitrogens with one attached hydrogen (secondary N) is 2. The fourth-order valence-corrected chi connectivity index (χ4v) is 3.10. The van der Waals surface area contributed by atoms with Crippen molar-refractivity contribution in [1.29, 1.82) is 0 Å². The van der Waals surface area contributed by atoms with Gasteiger partial charge in [0.15, 0.2) is 0 Å². The first kappa shape index (κ1) is 15.3. The summed E-state index contributed by atoms with van der Waals surface area (Å²) in [5.41, 5.74) is 4.44. The highest BCUT2D eigenvalue weighted by atomic mass is 79.9. The van der Waals surface area contributed by atoms with Gasteiger partial charge in [-0.15, -0.1) is 0 Å². The van der Waals surface area contributed by atoms with Crippen LogP contribution in [0.5, 0.6) is 0 Å². The van der Waals surface area contributed by atoms with Crippen molar-refractivity contribution in [1.82, 2.24) is 9.55 Å². The number of nitrogens with zero attached hydrogens (tertiary/aromatic N) is 1. The number of primary amides is 1. The van der Waals surface area contributed by atoms with E-state index < -0.39 is 21.5 Å². The van der Waals surface area contributed by atoms with Gasteiger partial charge in [-0.25, -0.2) is 8.42 Å². The molecule has 0 saturated heterocycles. The third kappa shape index (κ3) is 3.16. The van der Waals surface area contributed by atoms with Crippen LogP contribution >= 0.6 is 15.9 Å². The highest BCUT2D eigenvalue weighted by molar-refractivity contribution is 9.10. The Balaban J connectivity index is 2.41. The molecule has 0 saturated carbocycles. The largest absolute Gasteiger partial charge is 0.364 e. The highest BCUT2D eigenvalue weighted by Crippen LogP contribution is 2.16. The molecular weight excluding hydrogens is 364 g/mol. The first-order valence-electron chi connectivity index (χ1n) is 5.58. The van der Waals surface area contributed by atoms with Crippen LogP contribution in [0.3, 0.4) is 0 Å². The lowest BCUT2D eigenvalue weighted by atomic mass is 10.4. The van der Waals surface area contributed by atoms with Gasteiger partial charge in [-0.3, -0.25) is 14.3 Å². The maximum atomic E-state index is 12.2. The molecule has 2 heterocycles. The summed E-state index contributed by atoms with van der Waals surface area (Å²) in [6.07, 6.45) is 1.23. The monoisotopic (exact) mass is 374 g/mol. The maximum absolute atomic E-state index is 12.2. The molecule has 10 heteroatoms. The van der Waals surface area contributed by atoms with Gasteiger partial charge in [-0.05, 0) is 34.1 Å². The zero-order valence-corrected chi connectivity index (χ0v) is 13.2. The van der Waals surface area contributed by atoms with Crippen LogP contribution in [0.25, 0.3) is 0 Å². The number of hydrogen-bond donors (Lipinski definition) is 3. The molecule has 2 aromatic rings. The van der Waals surface area contributed by atoms with Crippen molar-refractivity contribution < 1.29 is 13.2 Å². The van der Waals surface area contributed by atoms with Crippen molar-refractivity contribution in [3.63, 3.8) is 0 Å². The van der Waals surface area contributed by atoms with Gasteiger partial charge in [0.05, 0.1) is 4.60 Å². The van der Waals surface area contributed by atoms with E-state index >= 15 is 0 Å². The van der Waals surface area contributed by atoms with Crippen molar-refractivity contribution in [3.05, 3.63) is 45.0 Å². The maximum Gasteiger partial charge on any atom is 0.273 e. The second-order valence-electron chi connectivity index (χ2n) is 4.19. The van der Waals surface area contributed by atoms with Gasteiger partial charge in [0.1, 0.15) is 16.3 Å². The molecule has 0 unspecified atom stereocenters. The predicted octanol–water partition coefficient (Wildman–Crippen LogP) is 0.376. The Kier molecular flexibility index (Phi) is 3.92. The summed E-state index contributed by atoms with van der Waals surface area (Å²) < 4.78 is 28.2. The second kappa shape index (κ2) is 5.37. The van der Waals surface area contributed by atoms with Crippen LogP contribution in [0, 0.1) is 0 Å². The first-order valence-corrected chi connectivity index (χ1v) is 7.86. The summed E-state index contributed by atoms with van der Waals surface area (Å²) in [7, 11) is -2.51. The van der Waals surface area contributed by atoms with E-state index in [2.05, 4.69) is 25.6 Å². The molecule has 0 aliphatic heterocycles. The molecule has 0 bridgehead atoms. The molecule has 0 fully saturated rings. The molecule has 0 spiro atoms. The lowest BCUT2D eigenvalue weighted by molar-refractivity contribution is 0.0992. The summed E-state index contributed by atoms with van der Waals surface area (Å²) in [6.45, 7) is 0. The quantitative estimate of drug-likeness (QED) is 0.668. The van der Waals surface area contributed by atoms with Crippen LogP contribution in [0.2, 0.25) is 0 Å². The van der Waals surface area contributed by atoms with Crippen LogP contribution in [-0.2, 0) is 17.1 Å². The van der Waals surface area contributed by atoms with E-state index in [0.29, 0.717) is 4.60 Å². The van der Waals surface area contributed by atoms with Gasteiger partial charge in [0, 0.05) is 13.2 Å². The van der Waals surface area contributed by atoms with Gasteiger partial charge >= 0.3 is 0 Å². The normalized spacial score (nSPS) is 11.3. The predicted molar refractivity (Wildman–Crippen MR) is 79.5 cm³/mol. The Labute approximate surface area is 128 Å². The highest BCUT2D eigenvalue weighted by Gasteiger charge is 2.20. The molecule has 2 rings (SSSR count). The minimum absolute atomic E-state index is 0.0418. The third-order valence-corrected chi connectivity index (χ3v) is 4.46. The van der Waals surface area contributed by atoms with Gasteiger partial charge in [0.25, 0.3) is 21.5 Å². The first-order chi connectivity index (χ1) is 9.70. The number of aromatic nitrogens is 2. The van der Waals surface area contributed by atoms with E-state index in [1.807, 2.05) is 0 Å². The number of aryl methyl sites for hydroxylation is 1. The number of H-pyrrole nitrogens is 1. The average molecular weight is 375 g/mol. The van der Waals surface area contributed by atoms with Gasteiger partial charge < -0.3 is 15.3 Å². The number of rotatable bonds is 4. The van der Waals surface area contributed by atoms with E-state index in [-0.39, 0.29) is 16.3 Å². The molecule has 2 aromatic heterocycles. The van der Waals surface area contributed by atoms with Crippen LogP contribution in [0.1, 0.15) is 10.5 Å². The van der Waals surface area contributed by atoms with Crippen LogP contribution in [0.15, 0.2) is 38.7 Å². The molecule has 1 amide bonds. The summed E-state index contributed by atoms with van der Waals surface area (Å²) in [5, 5.41) is 0. The van der Waals surface area contributed by atoms with E-state index in [9.17, 15) is 18.0 Å². The summed E-state index contributed by atoms with van der Waals surface area (Å²) >= 11 is 3.06. The summed E-state index contributed by atoms with van der Waals surface area (Å²) in [6, 6.07) is 3.94. The van der Waals surface area contributed by atoms with E-state index in [0.717, 1.165) is 6.07 Å². The van der Waals surface area contributed by atoms with Gasteiger partial charge in [-0.1, -0.05) is 0 Å². The number of amides is 1. The average Bonchev–Trinajstić information content (AvgIpc) is 2.76. The minimum atomic E-state index is -4.00. The van der Waals surface area contributed by atoms with Crippen molar-refractivity contribution in [3.8, 4) is 0 Å². The summed E-state index contributed by atoms with van der Waals surface area (Å²) in [4.78, 5) is 25.0. The smallest absolute Gasteiger partial charge is 0.273 e. The number of carbonyl (C=O) groups excluding carboxylic acids is 1. The molecule has 112 valence electrons. The van der Waals surface area contributed by atoms with Crippen molar-refractivity contribution in [2.45, 2.75) is 4.90 Å². The number of anilines is 1. The van der Waals surface area contributed by atoms with Crippen LogP contribution < -0.4 is 16.0 Å². The summed E-state index contributed by atoms with van der Waals surface area (Å²) in [5.74, 6) is -0.750. The molecule has 0 radical (unpaired) electrons. The van der Waals surface area contributed by atoms with E-state index in [1.165, 1.54) is 29.9 Å². The molecule has 21 heavy (non-hydrogen) atoms. The standard InChI is InChI=1S/C11H11BrN4O4S/c1-16-5-6(4-8(16)10(13)17)21(19,20)15-7-2-3-9(12)14-11(7)18/h2-5,15H,1H3,(H2,13,17)(H,14,18). The lowest BCUT2D eigenvalue weighted by Gasteiger charge is -2.05. The fraction of sp³-hybridized carbons (Fsp3) is 0.0909. The minimum Gasteiger partial charge on any atom is -0.364 e. The molecular formula is C11H11BrN4O4S. The Morgan fingerprint density at radius 2 is 2.10 bits per heavy atom. The fourth-order valence-electron chi connectivity index (χ4n) is 1.66. The Hall–Kier alpha value is -2.07. The van der Waals surface area contributed by atoms with E-state index in [1.54, 1.807) is 0 Å². The zero-order valence-electron chi connectivity index (χ0n) is 10.8. The SMILES string of the molecule is Cn1cc(S(=O)(=O)Nc2ccc(Br)[nH]c2=O)cc1C(N)=O. The topological polar surface area (TPSA) is 127 Å². The number of carbonyl (C=O) groups is 1. The van der Waals surface area contributed by atoms with Gasteiger partial charge in [0.2, 0.25) is 0 Å². The van der Waals surface area contributed by atoms with Crippen molar-refractivity contribution in [2.75, 3.05) is 4.72 Å². The molecule has 0 aromatic carbocycles. The van der Waals surface area contributed by atoms with Crippen LogP contribution in [0.4, 0.5) is 5.69 Å². The Bertz CT molecular complexity index is 869. The van der Waals surface area contributed by atoms with Crippen molar-refractivity contribution >= 4 is 37.5 Å². The number of nitrogens with two attached hydrogens (primary N) is 1. The molecule has 0 aliphatic carbocycles. The number of hydrogen-bond acceptors (Lipinski definition) is 4. The molecule has 0 aliphatic rings. The van der Waals surface area contributed by atoms with Crippen LogP contribution in [-0.4, -0.2) is 23.9 Å². The second-order valence-corrected chi connectivity index (χ2v) is 6.73. The molecule has 8 nitrogen and oxygen atoms in total. The zero-order chi connectivity index (χ0) is 15.8. The number of pyridine rings is 1. The van der Waals surface area contributed by atoms with E-state index in [4.69, 9.17) is 5.73 Å². The van der Waals surface area contributed by atoms with Crippen molar-refractivity contribution in [2.24, 2.45) is 12.8 Å².